The lowest BCUT2D eigenvalue weighted by molar-refractivity contribution is -0.155. The molecule has 0 spiro atoms. The van der Waals surface area contributed by atoms with Crippen molar-refractivity contribution in [3.8, 4) is 0 Å². The number of hydrogen-bond acceptors (Lipinski definition) is 5. The lowest BCUT2D eigenvalue weighted by atomic mass is 9.96. The number of nitrogens with one attached hydrogen (secondary N) is 2. The Kier molecular flexibility index (Phi) is 5.34. The van der Waals surface area contributed by atoms with Crippen LogP contribution in [0.25, 0.3) is 0 Å². The summed E-state index contributed by atoms with van der Waals surface area (Å²) in [5.74, 6) is -1.73. The van der Waals surface area contributed by atoms with Crippen LogP contribution >= 0.6 is 11.6 Å². The van der Waals surface area contributed by atoms with Gasteiger partial charge in [0.25, 0.3) is 11.8 Å². The van der Waals surface area contributed by atoms with Gasteiger partial charge in [-0.05, 0) is 57.2 Å². The van der Waals surface area contributed by atoms with Gasteiger partial charge in [0.15, 0.2) is 6.10 Å². The van der Waals surface area contributed by atoms with Crippen LogP contribution < -0.4 is 10.6 Å². The summed E-state index contributed by atoms with van der Waals surface area (Å²) in [6.07, 6.45) is 0.614. The third-order valence-corrected chi connectivity index (χ3v) is 5.59. The average Bonchev–Trinajstić information content (AvgIpc) is 3.45. The van der Waals surface area contributed by atoms with Gasteiger partial charge in [0, 0.05) is 10.7 Å². The molecule has 2 atom stereocenters. The van der Waals surface area contributed by atoms with Crippen molar-refractivity contribution < 1.29 is 23.9 Å². The molecule has 0 radical (unpaired) electrons. The number of anilines is 1. The first-order valence-corrected chi connectivity index (χ1v) is 9.41. The highest BCUT2D eigenvalue weighted by Crippen LogP contribution is 2.42. The maximum absolute atomic E-state index is 12.5. The fraction of sp³-hybridized carbons (Fsp3) is 0.474. The Labute approximate surface area is 167 Å². The molecular weight excluding hydrogens is 386 g/mol. The zero-order valence-electron chi connectivity index (χ0n) is 15.9. The Morgan fingerprint density at radius 1 is 1.39 bits per heavy atom. The number of benzene rings is 1. The molecule has 0 unspecified atom stereocenters. The Bertz CT molecular complexity index is 854. The largest absolute Gasteiger partial charge is 0.451 e. The van der Waals surface area contributed by atoms with Gasteiger partial charge < -0.3 is 15.4 Å². The SMILES string of the molecule is Cc1c(Cl)cccc1NC(=O)[C@@H](C)OC(=O)CN1C(=O)N[C@@](C)(C2CC2)C1=O. The van der Waals surface area contributed by atoms with Gasteiger partial charge in [-0.3, -0.25) is 19.3 Å². The smallest absolute Gasteiger partial charge is 0.327 e. The molecule has 2 N–H and O–H groups in total. The molecule has 9 heteroatoms. The number of carbonyl (C=O) groups is 4. The summed E-state index contributed by atoms with van der Waals surface area (Å²) in [6, 6.07) is 4.45. The quantitative estimate of drug-likeness (QED) is 0.555. The van der Waals surface area contributed by atoms with Crippen LogP contribution in [0.5, 0.6) is 0 Å². The molecule has 2 aliphatic rings. The van der Waals surface area contributed by atoms with E-state index in [0.29, 0.717) is 16.3 Å². The van der Waals surface area contributed by atoms with Gasteiger partial charge in [-0.15, -0.1) is 0 Å². The number of imide groups is 1. The van der Waals surface area contributed by atoms with Gasteiger partial charge in [-0.1, -0.05) is 17.7 Å². The average molecular weight is 408 g/mol. The standard InChI is InChI=1S/C19H22ClN3O5/c1-10-13(20)5-4-6-14(10)21-16(25)11(2)28-15(24)9-23-17(26)19(3,12-7-8-12)22-18(23)27/h4-6,11-12H,7-9H2,1-3H3,(H,21,25)(H,22,27)/t11-,19+/m1/s1. The number of esters is 1. The Balaban J connectivity index is 1.57. The summed E-state index contributed by atoms with van der Waals surface area (Å²) in [4.78, 5) is 49.9. The van der Waals surface area contributed by atoms with Gasteiger partial charge in [0.05, 0.1) is 0 Å². The van der Waals surface area contributed by atoms with Crippen molar-refractivity contribution in [2.24, 2.45) is 5.92 Å². The van der Waals surface area contributed by atoms with E-state index in [1.54, 1.807) is 32.0 Å². The van der Waals surface area contributed by atoms with E-state index in [9.17, 15) is 19.2 Å². The molecule has 8 nitrogen and oxygen atoms in total. The van der Waals surface area contributed by atoms with E-state index < -0.39 is 42.0 Å². The third-order valence-electron chi connectivity index (χ3n) is 5.19. The van der Waals surface area contributed by atoms with E-state index in [1.807, 2.05) is 0 Å². The van der Waals surface area contributed by atoms with Gasteiger partial charge in [-0.25, -0.2) is 4.79 Å². The van der Waals surface area contributed by atoms with Crippen LogP contribution in [0.1, 0.15) is 32.3 Å². The zero-order valence-corrected chi connectivity index (χ0v) is 16.6. The first kappa shape index (κ1) is 20.1. The number of rotatable bonds is 6. The highest BCUT2D eigenvalue weighted by atomic mass is 35.5. The van der Waals surface area contributed by atoms with Gasteiger partial charge in [-0.2, -0.15) is 0 Å². The van der Waals surface area contributed by atoms with Crippen molar-refractivity contribution in [3.63, 3.8) is 0 Å². The minimum atomic E-state index is -1.11. The number of amides is 4. The summed E-state index contributed by atoms with van der Waals surface area (Å²) in [7, 11) is 0. The van der Waals surface area contributed by atoms with Gasteiger partial charge in [0.1, 0.15) is 12.1 Å². The van der Waals surface area contributed by atoms with E-state index in [1.165, 1.54) is 6.92 Å². The summed E-state index contributed by atoms with van der Waals surface area (Å²) >= 11 is 6.02. The maximum atomic E-state index is 12.5. The molecule has 0 aromatic heterocycles. The van der Waals surface area contributed by atoms with Crippen LogP contribution in [-0.2, 0) is 19.1 Å². The predicted octanol–water partition coefficient (Wildman–Crippen LogP) is 2.24. The van der Waals surface area contributed by atoms with Gasteiger partial charge >= 0.3 is 12.0 Å². The van der Waals surface area contributed by atoms with Crippen molar-refractivity contribution >= 4 is 41.1 Å². The molecule has 1 aliphatic carbocycles. The summed E-state index contributed by atoms with van der Waals surface area (Å²) in [5, 5.41) is 5.80. The second-order valence-corrected chi connectivity index (χ2v) is 7.74. The molecule has 0 bridgehead atoms. The molecule has 150 valence electrons. The lowest BCUT2D eigenvalue weighted by Crippen LogP contribution is -2.46. The summed E-state index contributed by atoms with van der Waals surface area (Å²) in [5.41, 5.74) is 0.231. The van der Waals surface area contributed by atoms with Crippen LogP contribution in [0, 0.1) is 12.8 Å². The summed E-state index contributed by atoms with van der Waals surface area (Å²) < 4.78 is 5.10. The predicted molar refractivity (Wildman–Crippen MR) is 102 cm³/mol. The molecule has 1 aromatic carbocycles. The molecule has 1 saturated heterocycles. The van der Waals surface area contributed by atoms with Crippen molar-refractivity contribution in [1.29, 1.82) is 0 Å². The van der Waals surface area contributed by atoms with Crippen molar-refractivity contribution in [2.75, 3.05) is 11.9 Å². The number of nitrogens with zero attached hydrogens (tertiary/aromatic N) is 1. The number of halogens is 1. The molecular formula is C19H22ClN3O5. The second kappa shape index (κ2) is 7.43. The molecule has 2 fully saturated rings. The number of urea groups is 1. The van der Waals surface area contributed by atoms with E-state index in [4.69, 9.17) is 16.3 Å². The summed E-state index contributed by atoms with van der Waals surface area (Å²) in [6.45, 7) is 4.29. The van der Waals surface area contributed by atoms with Gasteiger partial charge in [0.2, 0.25) is 0 Å². The molecule has 28 heavy (non-hydrogen) atoms. The minimum Gasteiger partial charge on any atom is -0.451 e. The number of hydrogen-bond donors (Lipinski definition) is 2. The highest BCUT2D eigenvalue weighted by Gasteiger charge is 2.56. The van der Waals surface area contributed by atoms with E-state index in [2.05, 4.69) is 10.6 Å². The molecule has 1 heterocycles. The molecule has 3 rings (SSSR count). The Morgan fingerprint density at radius 2 is 2.07 bits per heavy atom. The zero-order chi connectivity index (χ0) is 20.6. The first-order valence-electron chi connectivity index (χ1n) is 9.03. The van der Waals surface area contributed by atoms with Crippen molar-refractivity contribution in [1.82, 2.24) is 10.2 Å². The normalized spacial score (nSPS) is 22.6. The van der Waals surface area contributed by atoms with E-state index in [-0.39, 0.29) is 5.92 Å². The Morgan fingerprint density at radius 3 is 2.71 bits per heavy atom. The topological polar surface area (TPSA) is 105 Å². The van der Waals surface area contributed by atoms with E-state index in [0.717, 1.165) is 17.7 Å². The lowest BCUT2D eigenvalue weighted by Gasteiger charge is -2.21. The van der Waals surface area contributed by atoms with E-state index >= 15 is 0 Å². The van der Waals surface area contributed by atoms with Crippen LogP contribution in [-0.4, -0.2) is 46.9 Å². The Hall–Kier alpha value is -2.61. The highest BCUT2D eigenvalue weighted by molar-refractivity contribution is 6.31. The number of carbonyl (C=O) groups excluding carboxylic acids is 4. The number of ether oxygens (including phenoxy) is 1. The van der Waals surface area contributed by atoms with Crippen LogP contribution in [0.4, 0.5) is 10.5 Å². The van der Waals surface area contributed by atoms with Crippen molar-refractivity contribution in [2.45, 2.75) is 45.3 Å². The third kappa shape index (κ3) is 3.82. The monoisotopic (exact) mass is 407 g/mol. The fourth-order valence-corrected chi connectivity index (χ4v) is 3.37. The first-order chi connectivity index (χ1) is 13.1. The maximum Gasteiger partial charge on any atom is 0.327 e. The fourth-order valence-electron chi connectivity index (χ4n) is 3.19. The molecule has 1 aromatic rings. The molecule has 4 amide bonds. The van der Waals surface area contributed by atoms with Crippen LogP contribution in [0.2, 0.25) is 5.02 Å². The molecule has 1 saturated carbocycles. The van der Waals surface area contributed by atoms with Crippen LogP contribution in [0.15, 0.2) is 18.2 Å². The van der Waals surface area contributed by atoms with Crippen molar-refractivity contribution in [3.05, 3.63) is 28.8 Å². The van der Waals surface area contributed by atoms with Crippen LogP contribution in [0.3, 0.4) is 0 Å². The second-order valence-electron chi connectivity index (χ2n) is 7.33. The minimum absolute atomic E-state index is 0.0932. The molecule has 1 aliphatic heterocycles.